The van der Waals surface area contributed by atoms with E-state index in [0.29, 0.717) is 57.9 Å². The number of anilines is 2. The van der Waals surface area contributed by atoms with Crippen molar-refractivity contribution in [2.45, 2.75) is 56.7 Å². The Morgan fingerprint density at radius 1 is 0.950 bits per heavy atom. The van der Waals surface area contributed by atoms with Crippen molar-refractivity contribution >= 4 is 53.0 Å². The van der Waals surface area contributed by atoms with Gasteiger partial charge in [-0.25, -0.2) is 0 Å². The number of likely N-dealkylation sites (tertiary alicyclic amines) is 1. The molecule has 2 saturated carbocycles. The van der Waals surface area contributed by atoms with Crippen LogP contribution in [0.3, 0.4) is 0 Å². The van der Waals surface area contributed by atoms with E-state index in [-0.39, 0.29) is 47.9 Å². The zero-order valence-electron chi connectivity index (χ0n) is 33.5. The summed E-state index contributed by atoms with van der Waals surface area (Å²) in [5, 5.41) is 23.7. The van der Waals surface area contributed by atoms with Crippen LogP contribution in [0.4, 0.5) is 11.5 Å². The molecule has 2 aliphatic carbocycles. The van der Waals surface area contributed by atoms with Crippen LogP contribution in [0.2, 0.25) is 5.02 Å². The normalized spacial score (nSPS) is 28.4. The summed E-state index contributed by atoms with van der Waals surface area (Å²) in [6, 6.07) is 15.5. The molecule has 16 heteroatoms. The fourth-order valence-electron chi connectivity index (χ4n) is 10.3. The van der Waals surface area contributed by atoms with Gasteiger partial charge in [0, 0.05) is 82.6 Å². The van der Waals surface area contributed by atoms with E-state index >= 15 is 0 Å². The highest BCUT2D eigenvalue weighted by molar-refractivity contribution is 6.31. The average Bonchev–Trinajstić information content (AvgIpc) is 3.61. The lowest BCUT2D eigenvalue weighted by Crippen LogP contribution is -2.53. The van der Waals surface area contributed by atoms with E-state index in [1.165, 1.54) is 4.90 Å². The minimum atomic E-state index is -0.763. The lowest BCUT2D eigenvalue weighted by atomic mass is 9.93. The van der Waals surface area contributed by atoms with E-state index in [1.807, 2.05) is 12.1 Å². The molecule has 9 rings (SSSR count). The molecule has 3 unspecified atom stereocenters. The molecule has 0 spiro atoms. The molecule has 1 aromatic heterocycles. The number of aromatic nitrogens is 2. The molecule has 5 heterocycles. The first kappa shape index (κ1) is 39.8. The van der Waals surface area contributed by atoms with Crippen LogP contribution in [0.15, 0.2) is 48.5 Å². The molecule has 60 heavy (non-hydrogen) atoms. The Hall–Kier alpha value is -5.59. The molecule has 15 nitrogen and oxygen atoms in total. The number of hydrogen-bond acceptors (Lipinski definition) is 12. The number of imide groups is 1. The van der Waals surface area contributed by atoms with E-state index in [1.54, 1.807) is 43.4 Å². The van der Waals surface area contributed by atoms with Crippen LogP contribution < -0.4 is 25.2 Å². The van der Waals surface area contributed by atoms with Crippen molar-refractivity contribution in [3.05, 3.63) is 75.9 Å². The van der Waals surface area contributed by atoms with Gasteiger partial charge in [-0.3, -0.25) is 29.3 Å². The number of likely N-dealkylation sites (N-methyl/N-ethyl adjacent to an activating group) is 1. The molecule has 0 radical (unpaired) electrons. The third-order valence-electron chi connectivity index (χ3n) is 13.7. The van der Waals surface area contributed by atoms with Crippen molar-refractivity contribution in [3.63, 3.8) is 0 Å². The number of halogens is 1. The number of carbonyl (C=O) groups is 5. The first-order valence-electron chi connectivity index (χ1n) is 21.0. The molecule has 0 bridgehead atoms. The third-order valence-corrected chi connectivity index (χ3v) is 14.1. The summed E-state index contributed by atoms with van der Waals surface area (Å²) in [5.74, 6) is 2.92. The lowest BCUT2D eigenvalue weighted by Gasteiger charge is -2.30. The van der Waals surface area contributed by atoms with E-state index < -0.39 is 17.9 Å². The molecule has 6 fully saturated rings. The number of fused-ring (bicyclic) bond motifs is 2. The van der Waals surface area contributed by atoms with Crippen LogP contribution >= 0.6 is 11.6 Å². The smallest absolute Gasteiger partial charge is 0.272 e. The molecule has 4 saturated heterocycles. The lowest BCUT2D eigenvalue weighted by molar-refractivity contribution is -0.136. The van der Waals surface area contributed by atoms with Crippen LogP contribution in [0, 0.1) is 40.9 Å². The highest BCUT2D eigenvalue weighted by Gasteiger charge is 2.56. The molecule has 3 aromatic rings. The number of rotatable bonds is 11. The summed E-state index contributed by atoms with van der Waals surface area (Å²) in [7, 11) is 1.54. The van der Waals surface area contributed by atoms with Crippen molar-refractivity contribution in [2.24, 2.45) is 29.6 Å². The Morgan fingerprint density at radius 3 is 2.35 bits per heavy atom. The zero-order chi connectivity index (χ0) is 41.7. The molecule has 4 amide bonds. The number of aldehydes is 1. The molecule has 2 aromatic carbocycles. The van der Waals surface area contributed by atoms with Gasteiger partial charge in [0.15, 0.2) is 17.8 Å². The quantitative estimate of drug-likeness (QED) is 0.212. The van der Waals surface area contributed by atoms with Gasteiger partial charge in [-0.2, -0.15) is 5.26 Å². The minimum Gasteiger partial charge on any atom is -0.490 e. The summed E-state index contributed by atoms with van der Waals surface area (Å²) in [6.45, 7) is 6.85. The van der Waals surface area contributed by atoms with Crippen LogP contribution in [-0.2, 0) is 9.59 Å². The first-order chi connectivity index (χ1) is 29.0. The Morgan fingerprint density at radius 2 is 1.70 bits per heavy atom. The molecule has 4 aliphatic heterocycles. The summed E-state index contributed by atoms with van der Waals surface area (Å²) in [4.78, 5) is 71.1. The second kappa shape index (κ2) is 16.5. The fourth-order valence-corrected chi connectivity index (χ4v) is 10.5. The minimum absolute atomic E-state index is 0.0216. The van der Waals surface area contributed by atoms with Crippen molar-refractivity contribution in [2.75, 3.05) is 62.7 Å². The summed E-state index contributed by atoms with van der Waals surface area (Å²) in [6.07, 6.45) is 4.28. The number of amides is 4. The SMILES string of the molecule is CN(C(=O)c1cc(N2C[C@@H]3[C@@H](CN4CC5CN(c6ccc(C(=O)N[C@H]7CC[C@H](Oc8ccc(C#N)c(Cl)c8)CC7)nn6)CC5C4)[C@@H]3C2)ccc1C=O)C1CCC(=O)NC1=O. The second-order valence-corrected chi connectivity index (χ2v) is 17.8. The number of carbonyl (C=O) groups excluding carboxylic acids is 5. The number of piperidine rings is 2. The third kappa shape index (κ3) is 8.02. The first-order valence-corrected chi connectivity index (χ1v) is 21.4. The molecular formula is C44H48ClN9O6. The molecule has 6 atom stereocenters. The fraction of sp³-hybridized carbons (Fsp3) is 0.500. The average molecular weight is 834 g/mol. The van der Waals surface area contributed by atoms with Crippen molar-refractivity contribution in [3.8, 4) is 11.8 Å². The molecule has 6 aliphatic rings. The second-order valence-electron chi connectivity index (χ2n) is 17.4. The maximum atomic E-state index is 13.5. The highest BCUT2D eigenvalue weighted by Crippen LogP contribution is 2.53. The highest BCUT2D eigenvalue weighted by atomic mass is 35.5. The predicted molar refractivity (Wildman–Crippen MR) is 221 cm³/mol. The number of ether oxygens (including phenoxy) is 1. The van der Waals surface area contributed by atoms with Gasteiger partial charge in [0.05, 0.1) is 22.3 Å². The van der Waals surface area contributed by atoms with E-state index in [2.05, 4.69) is 41.6 Å². The summed E-state index contributed by atoms with van der Waals surface area (Å²) >= 11 is 6.15. The predicted octanol–water partition coefficient (Wildman–Crippen LogP) is 3.56. The number of hydrogen-bond donors (Lipinski definition) is 2. The largest absolute Gasteiger partial charge is 0.490 e. The van der Waals surface area contributed by atoms with Crippen LogP contribution in [0.25, 0.3) is 0 Å². The number of nitriles is 1. The number of nitrogens with zero attached hydrogens (tertiary/aromatic N) is 7. The van der Waals surface area contributed by atoms with E-state index in [0.717, 1.165) is 83.0 Å². The van der Waals surface area contributed by atoms with Gasteiger partial charge in [0.25, 0.3) is 11.8 Å². The number of nitrogens with one attached hydrogen (secondary N) is 2. The van der Waals surface area contributed by atoms with Crippen molar-refractivity contribution < 1.29 is 28.7 Å². The van der Waals surface area contributed by atoms with Gasteiger partial charge >= 0.3 is 0 Å². The summed E-state index contributed by atoms with van der Waals surface area (Å²) < 4.78 is 6.09. The Balaban J connectivity index is 0.707. The van der Waals surface area contributed by atoms with E-state index in [4.69, 9.17) is 21.6 Å². The van der Waals surface area contributed by atoms with Gasteiger partial charge < -0.3 is 29.7 Å². The van der Waals surface area contributed by atoms with Crippen molar-refractivity contribution in [1.29, 1.82) is 5.26 Å². The Bertz CT molecular complexity index is 2220. The standard InChI is InChI=1S/C44H48ClN9O6/c1-51(39-11-13-41(56)48-43(39)58)44(59)33-14-30(6-2-26(33)24-55)53-22-35-34(36(35)23-53)21-52-17-27-19-54(20-28(27)18-52)40-12-10-38(49-50-40)42(57)47-29-4-8-31(9-5-29)60-32-7-3-25(16-46)37(45)15-32/h2-3,6-7,10,12,14-15,24,27-29,31,34-36,39H,4-5,8-9,11,13,17-23H2,1H3,(H,47,57)(H,48,56,58)/t27?,28?,29-,31-,34-,35-,36+,39?. The molecular weight excluding hydrogens is 786 g/mol. The topological polar surface area (TPSA) is 181 Å². The maximum Gasteiger partial charge on any atom is 0.272 e. The van der Waals surface area contributed by atoms with Crippen LogP contribution in [0.5, 0.6) is 5.75 Å². The maximum absolute atomic E-state index is 13.5. The van der Waals surface area contributed by atoms with Gasteiger partial charge in [-0.15, -0.1) is 10.2 Å². The van der Waals surface area contributed by atoms with Crippen LogP contribution in [-0.4, -0.2) is 121 Å². The van der Waals surface area contributed by atoms with Gasteiger partial charge in [0.1, 0.15) is 17.9 Å². The molecule has 2 N–H and O–H groups in total. The summed E-state index contributed by atoms with van der Waals surface area (Å²) in [5.41, 5.74) is 2.17. The van der Waals surface area contributed by atoms with E-state index in [9.17, 15) is 24.0 Å². The van der Waals surface area contributed by atoms with Gasteiger partial charge in [0.2, 0.25) is 11.8 Å². The Labute approximate surface area is 353 Å². The molecule has 312 valence electrons. The number of benzene rings is 2. The van der Waals surface area contributed by atoms with Crippen LogP contribution in [0.1, 0.15) is 75.3 Å². The van der Waals surface area contributed by atoms with Crippen molar-refractivity contribution in [1.82, 2.24) is 30.6 Å². The zero-order valence-corrected chi connectivity index (χ0v) is 34.2. The van der Waals surface area contributed by atoms with Gasteiger partial charge in [-0.1, -0.05) is 11.6 Å². The van der Waals surface area contributed by atoms with Gasteiger partial charge in [-0.05, 0) is 104 Å². The monoisotopic (exact) mass is 833 g/mol. The Kier molecular flexibility index (Phi) is 10.9.